The van der Waals surface area contributed by atoms with Crippen LogP contribution < -0.4 is 0 Å². The SMILES string of the molecule is C[C@]12CC[C@@H](OCCCc3ccccc3)[C@H]1C2. The van der Waals surface area contributed by atoms with Crippen LogP contribution >= 0.6 is 0 Å². The molecule has 0 spiro atoms. The quantitative estimate of drug-likeness (QED) is 0.699. The number of benzene rings is 1. The van der Waals surface area contributed by atoms with Crippen molar-refractivity contribution in [1.82, 2.24) is 0 Å². The van der Waals surface area contributed by atoms with Gasteiger partial charge in [-0.1, -0.05) is 37.3 Å². The monoisotopic (exact) mass is 230 g/mol. The molecule has 0 aliphatic heterocycles. The van der Waals surface area contributed by atoms with E-state index in [0.29, 0.717) is 11.5 Å². The van der Waals surface area contributed by atoms with Crippen molar-refractivity contribution in [2.45, 2.75) is 45.1 Å². The second kappa shape index (κ2) is 4.45. The Hall–Kier alpha value is -0.820. The molecular weight excluding hydrogens is 208 g/mol. The summed E-state index contributed by atoms with van der Waals surface area (Å²) < 4.78 is 6.04. The van der Waals surface area contributed by atoms with Gasteiger partial charge in [-0.25, -0.2) is 0 Å². The van der Waals surface area contributed by atoms with Crippen molar-refractivity contribution in [3.05, 3.63) is 35.9 Å². The maximum absolute atomic E-state index is 6.04. The minimum absolute atomic E-state index is 0.579. The van der Waals surface area contributed by atoms with Gasteiger partial charge in [0, 0.05) is 6.61 Å². The molecule has 0 aromatic heterocycles. The predicted octanol–water partition coefficient (Wildman–Crippen LogP) is 3.82. The normalized spacial score (nSPS) is 34.6. The molecular formula is C16H22O. The Kier molecular flexibility index (Phi) is 2.96. The van der Waals surface area contributed by atoms with Gasteiger partial charge < -0.3 is 4.74 Å². The summed E-state index contributed by atoms with van der Waals surface area (Å²) in [6.07, 6.45) is 6.99. The second-order valence-corrected chi connectivity index (χ2v) is 6.00. The van der Waals surface area contributed by atoms with Gasteiger partial charge in [0.15, 0.2) is 0 Å². The van der Waals surface area contributed by atoms with Crippen molar-refractivity contribution in [3.8, 4) is 0 Å². The molecule has 17 heavy (non-hydrogen) atoms. The Balaban J connectivity index is 1.36. The van der Waals surface area contributed by atoms with Crippen LogP contribution in [0.3, 0.4) is 0 Å². The van der Waals surface area contributed by atoms with Crippen LogP contribution in [0.4, 0.5) is 0 Å². The van der Waals surface area contributed by atoms with Gasteiger partial charge in [0.05, 0.1) is 6.10 Å². The molecule has 1 heteroatoms. The minimum atomic E-state index is 0.579. The fourth-order valence-corrected chi connectivity index (χ4v) is 3.34. The smallest absolute Gasteiger partial charge is 0.0608 e. The lowest BCUT2D eigenvalue weighted by atomic mass is 10.1. The molecule has 1 aromatic rings. The van der Waals surface area contributed by atoms with E-state index in [-0.39, 0.29) is 0 Å². The lowest BCUT2D eigenvalue weighted by molar-refractivity contribution is 0.0415. The van der Waals surface area contributed by atoms with E-state index in [9.17, 15) is 0 Å². The van der Waals surface area contributed by atoms with E-state index in [1.807, 2.05) is 0 Å². The standard InChI is InChI=1S/C16H22O/c1-16-10-9-15(14(16)12-16)17-11-5-8-13-6-3-2-4-7-13/h2-4,6-7,14-15H,5,8-12H2,1H3/t14-,15-,16-/m1/s1. The van der Waals surface area contributed by atoms with Crippen LogP contribution in [-0.4, -0.2) is 12.7 Å². The molecule has 3 atom stereocenters. The van der Waals surface area contributed by atoms with Crippen LogP contribution in [0, 0.1) is 11.3 Å². The molecule has 3 rings (SSSR count). The minimum Gasteiger partial charge on any atom is -0.378 e. The third kappa shape index (κ3) is 2.40. The molecule has 0 amide bonds. The Bertz CT molecular complexity index is 372. The third-order valence-corrected chi connectivity index (χ3v) is 4.65. The van der Waals surface area contributed by atoms with E-state index < -0.39 is 0 Å². The highest BCUT2D eigenvalue weighted by molar-refractivity contribution is 5.14. The molecule has 0 heterocycles. The summed E-state index contributed by atoms with van der Waals surface area (Å²) in [7, 11) is 0. The van der Waals surface area contributed by atoms with Gasteiger partial charge in [0.25, 0.3) is 0 Å². The lowest BCUT2D eigenvalue weighted by Gasteiger charge is -2.13. The molecule has 2 saturated carbocycles. The Morgan fingerprint density at radius 1 is 1.29 bits per heavy atom. The van der Waals surface area contributed by atoms with Crippen LogP contribution in [-0.2, 0) is 11.2 Å². The predicted molar refractivity (Wildman–Crippen MR) is 70.0 cm³/mol. The highest BCUT2D eigenvalue weighted by atomic mass is 16.5. The first-order valence-corrected chi connectivity index (χ1v) is 6.93. The van der Waals surface area contributed by atoms with Crippen molar-refractivity contribution in [2.75, 3.05) is 6.61 Å². The zero-order valence-electron chi connectivity index (χ0n) is 10.7. The molecule has 2 aliphatic rings. The van der Waals surface area contributed by atoms with Gasteiger partial charge in [0.1, 0.15) is 0 Å². The average Bonchev–Trinajstić information content (AvgIpc) is 2.93. The Morgan fingerprint density at radius 3 is 2.76 bits per heavy atom. The summed E-state index contributed by atoms with van der Waals surface area (Å²) >= 11 is 0. The fourth-order valence-electron chi connectivity index (χ4n) is 3.34. The van der Waals surface area contributed by atoms with Gasteiger partial charge in [-0.05, 0) is 49.0 Å². The number of ether oxygens (including phenoxy) is 1. The average molecular weight is 230 g/mol. The molecule has 0 N–H and O–H groups in total. The number of hydrogen-bond acceptors (Lipinski definition) is 1. The summed E-state index contributed by atoms with van der Waals surface area (Å²) in [6, 6.07) is 10.7. The summed E-state index contributed by atoms with van der Waals surface area (Å²) in [5, 5.41) is 0. The van der Waals surface area contributed by atoms with Crippen molar-refractivity contribution in [1.29, 1.82) is 0 Å². The van der Waals surface area contributed by atoms with Crippen LogP contribution in [0.1, 0.15) is 38.2 Å². The first-order chi connectivity index (χ1) is 8.28. The van der Waals surface area contributed by atoms with Crippen LogP contribution in [0.5, 0.6) is 0 Å². The van der Waals surface area contributed by atoms with Crippen molar-refractivity contribution >= 4 is 0 Å². The molecule has 2 fully saturated rings. The Morgan fingerprint density at radius 2 is 2.12 bits per heavy atom. The van der Waals surface area contributed by atoms with E-state index in [1.165, 1.54) is 24.8 Å². The Labute approximate surface area is 104 Å². The lowest BCUT2D eigenvalue weighted by Crippen LogP contribution is -2.13. The van der Waals surface area contributed by atoms with Gasteiger partial charge in [-0.3, -0.25) is 0 Å². The number of aryl methyl sites for hydroxylation is 1. The first kappa shape index (κ1) is 11.3. The second-order valence-electron chi connectivity index (χ2n) is 6.00. The molecule has 1 nitrogen and oxygen atoms in total. The fraction of sp³-hybridized carbons (Fsp3) is 0.625. The van der Waals surface area contributed by atoms with Gasteiger partial charge in [0.2, 0.25) is 0 Å². The summed E-state index contributed by atoms with van der Waals surface area (Å²) in [5.41, 5.74) is 2.10. The molecule has 0 unspecified atom stereocenters. The van der Waals surface area contributed by atoms with E-state index >= 15 is 0 Å². The highest BCUT2D eigenvalue weighted by Crippen LogP contribution is 2.63. The van der Waals surface area contributed by atoms with Crippen LogP contribution in [0.25, 0.3) is 0 Å². The number of rotatable bonds is 5. The number of hydrogen-bond donors (Lipinski definition) is 0. The summed E-state index contributed by atoms with van der Waals surface area (Å²) in [4.78, 5) is 0. The largest absolute Gasteiger partial charge is 0.378 e. The van der Waals surface area contributed by atoms with E-state index in [0.717, 1.165) is 25.4 Å². The van der Waals surface area contributed by atoms with E-state index in [2.05, 4.69) is 37.3 Å². The van der Waals surface area contributed by atoms with Gasteiger partial charge in [-0.2, -0.15) is 0 Å². The van der Waals surface area contributed by atoms with E-state index in [1.54, 1.807) is 0 Å². The maximum atomic E-state index is 6.04. The third-order valence-electron chi connectivity index (χ3n) is 4.65. The topological polar surface area (TPSA) is 9.23 Å². The van der Waals surface area contributed by atoms with E-state index in [4.69, 9.17) is 4.74 Å². The molecule has 0 saturated heterocycles. The van der Waals surface area contributed by atoms with Crippen molar-refractivity contribution < 1.29 is 4.74 Å². The van der Waals surface area contributed by atoms with Crippen molar-refractivity contribution in [2.24, 2.45) is 11.3 Å². The zero-order valence-corrected chi connectivity index (χ0v) is 10.7. The highest BCUT2D eigenvalue weighted by Gasteiger charge is 2.58. The van der Waals surface area contributed by atoms with Gasteiger partial charge in [-0.15, -0.1) is 0 Å². The first-order valence-electron chi connectivity index (χ1n) is 6.93. The summed E-state index contributed by atoms with van der Waals surface area (Å²) in [5.74, 6) is 0.888. The summed E-state index contributed by atoms with van der Waals surface area (Å²) in [6.45, 7) is 3.36. The molecule has 0 bridgehead atoms. The molecule has 2 aliphatic carbocycles. The number of fused-ring (bicyclic) bond motifs is 1. The maximum Gasteiger partial charge on any atom is 0.0608 e. The molecule has 92 valence electrons. The zero-order chi connectivity index (χ0) is 11.7. The molecule has 1 aromatic carbocycles. The van der Waals surface area contributed by atoms with Gasteiger partial charge >= 0.3 is 0 Å². The van der Waals surface area contributed by atoms with Crippen LogP contribution in [0.15, 0.2) is 30.3 Å². The molecule has 0 radical (unpaired) electrons. The van der Waals surface area contributed by atoms with Crippen molar-refractivity contribution in [3.63, 3.8) is 0 Å². The van der Waals surface area contributed by atoms with Crippen LogP contribution in [0.2, 0.25) is 0 Å².